The maximum absolute atomic E-state index is 13.8. The van der Waals surface area contributed by atoms with Gasteiger partial charge in [-0.15, -0.1) is 11.3 Å². The molecule has 136 valence electrons. The zero-order valence-electron chi connectivity index (χ0n) is 13.1. The van der Waals surface area contributed by atoms with E-state index in [2.05, 4.69) is 0 Å². The summed E-state index contributed by atoms with van der Waals surface area (Å²) in [6.45, 7) is -0.642. The van der Waals surface area contributed by atoms with Crippen LogP contribution in [0.15, 0.2) is 35.7 Å². The van der Waals surface area contributed by atoms with Crippen LogP contribution in [0.5, 0.6) is 5.75 Å². The first-order valence-electron chi connectivity index (χ1n) is 7.73. The summed E-state index contributed by atoms with van der Waals surface area (Å²) in [5.74, 6) is 0.0921. The zero-order chi connectivity index (χ0) is 18.0. The molecule has 1 aromatic carbocycles. The van der Waals surface area contributed by atoms with Gasteiger partial charge in [0.2, 0.25) is 6.29 Å². The van der Waals surface area contributed by atoms with Gasteiger partial charge in [-0.3, -0.25) is 0 Å². The lowest BCUT2D eigenvalue weighted by Crippen LogP contribution is -2.58. The SMILES string of the molecule is OCC1OC(Oc2ccsc2Cc2ccc(F)cc2)C(O)C(O)C1F. The second-order valence-corrected chi connectivity index (χ2v) is 6.78. The van der Waals surface area contributed by atoms with E-state index in [0.717, 1.165) is 10.4 Å². The van der Waals surface area contributed by atoms with Gasteiger partial charge in [0.25, 0.3) is 0 Å². The molecule has 1 aliphatic heterocycles. The van der Waals surface area contributed by atoms with Gasteiger partial charge in [-0.2, -0.15) is 0 Å². The topological polar surface area (TPSA) is 79.2 Å². The highest BCUT2D eigenvalue weighted by molar-refractivity contribution is 7.10. The van der Waals surface area contributed by atoms with Crippen molar-refractivity contribution in [2.75, 3.05) is 6.61 Å². The van der Waals surface area contributed by atoms with Gasteiger partial charge in [-0.25, -0.2) is 8.78 Å². The summed E-state index contributed by atoms with van der Waals surface area (Å²) in [6.07, 6.45) is -7.30. The van der Waals surface area contributed by atoms with Crippen molar-refractivity contribution >= 4 is 11.3 Å². The summed E-state index contributed by atoms with van der Waals surface area (Å²) in [5.41, 5.74) is 0.871. The quantitative estimate of drug-likeness (QED) is 0.744. The molecule has 3 N–H and O–H groups in total. The van der Waals surface area contributed by atoms with Gasteiger partial charge < -0.3 is 24.8 Å². The van der Waals surface area contributed by atoms with Gasteiger partial charge in [0.05, 0.1) is 11.5 Å². The first kappa shape index (κ1) is 18.2. The van der Waals surface area contributed by atoms with E-state index in [1.54, 1.807) is 23.6 Å². The van der Waals surface area contributed by atoms with Gasteiger partial charge >= 0.3 is 0 Å². The van der Waals surface area contributed by atoms with Gasteiger partial charge in [-0.05, 0) is 29.1 Å². The Labute approximate surface area is 147 Å². The maximum atomic E-state index is 13.8. The van der Waals surface area contributed by atoms with Crippen LogP contribution in [-0.2, 0) is 11.2 Å². The van der Waals surface area contributed by atoms with Crippen LogP contribution in [0.25, 0.3) is 0 Å². The number of halogens is 2. The van der Waals surface area contributed by atoms with Crippen molar-refractivity contribution < 1.29 is 33.6 Å². The molecule has 2 aromatic rings. The van der Waals surface area contributed by atoms with Crippen molar-refractivity contribution in [3.63, 3.8) is 0 Å². The van der Waals surface area contributed by atoms with E-state index in [4.69, 9.17) is 14.6 Å². The summed E-state index contributed by atoms with van der Waals surface area (Å²) >= 11 is 1.40. The number of aliphatic hydroxyl groups is 3. The van der Waals surface area contributed by atoms with Crippen LogP contribution in [0.4, 0.5) is 8.78 Å². The fourth-order valence-corrected chi connectivity index (χ4v) is 3.45. The van der Waals surface area contributed by atoms with Crippen LogP contribution in [0.3, 0.4) is 0 Å². The molecule has 8 heteroatoms. The molecule has 1 aliphatic rings. The van der Waals surface area contributed by atoms with Crippen LogP contribution in [0, 0.1) is 5.82 Å². The monoisotopic (exact) mass is 372 g/mol. The largest absolute Gasteiger partial charge is 0.461 e. The van der Waals surface area contributed by atoms with E-state index in [1.807, 2.05) is 0 Å². The lowest BCUT2D eigenvalue weighted by atomic mass is 10.0. The van der Waals surface area contributed by atoms with Crippen molar-refractivity contribution in [2.24, 2.45) is 0 Å². The van der Waals surface area contributed by atoms with Gasteiger partial charge in [-0.1, -0.05) is 12.1 Å². The van der Waals surface area contributed by atoms with E-state index in [0.29, 0.717) is 12.2 Å². The summed E-state index contributed by atoms with van der Waals surface area (Å²) < 4.78 is 37.6. The van der Waals surface area contributed by atoms with Crippen molar-refractivity contribution in [1.29, 1.82) is 0 Å². The summed E-state index contributed by atoms with van der Waals surface area (Å²) in [6, 6.07) is 7.71. The van der Waals surface area contributed by atoms with E-state index >= 15 is 0 Å². The summed E-state index contributed by atoms with van der Waals surface area (Å²) in [5, 5.41) is 30.6. The Morgan fingerprint density at radius 2 is 1.84 bits per heavy atom. The molecule has 25 heavy (non-hydrogen) atoms. The molecule has 5 unspecified atom stereocenters. The molecule has 0 saturated carbocycles. The highest BCUT2D eigenvalue weighted by Crippen LogP contribution is 2.32. The molecule has 1 aromatic heterocycles. The summed E-state index contributed by atoms with van der Waals surface area (Å²) in [7, 11) is 0. The first-order chi connectivity index (χ1) is 12.0. The third-order valence-electron chi connectivity index (χ3n) is 4.02. The van der Waals surface area contributed by atoms with Crippen molar-refractivity contribution in [3.8, 4) is 5.75 Å². The Bertz CT molecular complexity index is 691. The van der Waals surface area contributed by atoms with E-state index in [9.17, 15) is 19.0 Å². The fourth-order valence-electron chi connectivity index (χ4n) is 2.61. The molecule has 0 radical (unpaired) electrons. The molecule has 5 nitrogen and oxygen atoms in total. The third-order valence-corrected chi connectivity index (χ3v) is 4.93. The Morgan fingerprint density at radius 3 is 2.52 bits per heavy atom. The van der Waals surface area contributed by atoms with Crippen molar-refractivity contribution in [3.05, 3.63) is 52.0 Å². The molecule has 3 rings (SSSR count). The molecule has 2 heterocycles. The molecular formula is C17H18F2O5S. The Kier molecular flexibility index (Phi) is 5.65. The van der Waals surface area contributed by atoms with Gasteiger partial charge in [0, 0.05) is 6.42 Å². The zero-order valence-corrected chi connectivity index (χ0v) is 13.9. The lowest BCUT2D eigenvalue weighted by molar-refractivity contribution is -0.265. The van der Waals surface area contributed by atoms with E-state index in [-0.39, 0.29) is 5.82 Å². The fraction of sp³-hybridized carbons (Fsp3) is 0.412. The van der Waals surface area contributed by atoms with Crippen molar-refractivity contribution in [2.45, 2.75) is 37.2 Å². The van der Waals surface area contributed by atoms with Crippen LogP contribution < -0.4 is 4.74 Å². The smallest absolute Gasteiger partial charge is 0.229 e. The number of alkyl halides is 1. The Balaban J connectivity index is 1.73. The number of hydrogen-bond acceptors (Lipinski definition) is 6. The average Bonchev–Trinajstić information content (AvgIpc) is 3.04. The second-order valence-electron chi connectivity index (χ2n) is 5.78. The molecule has 0 aliphatic carbocycles. The molecular weight excluding hydrogens is 354 g/mol. The normalized spacial score (nSPS) is 29.6. The van der Waals surface area contributed by atoms with E-state index in [1.165, 1.54) is 23.5 Å². The predicted molar refractivity (Wildman–Crippen MR) is 86.8 cm³/mol. The number of hydrogen-bond donors (Lipinski definition) is 3. The molecule has 0 bridgehead atoms. The molecule has 1 saturated heterocycles. The van der Waals surface area contributed by atoms with E-state index < -0.39 is 37.4 Å². The van der Waals surface area contributed by atoms with Gasteiger partial charge in [0.1, 0.15) is 29.9 Å². The predicted octanol–water partition coefficient (Wildman–Crippen LogP) is 1.63. The highest BCUT2D eigenvalue weighted by Gasteiger charge is 2.46. The Hall–Kier alpha value is -1.58. The molecule has 5 atom stereocenters. The van der Waals surface area contributed by atoms with Crippen LogP contribution in [-0.4, -0.2) is 52.7 Å². The minimum absolute atomic E-state index is 0.324. The highest BCUT2D eigenvalue weighted by atomic mass is 32.1. The first-order valence-corrected chi connectivity index (χ1v) is 8.61. The van der Waals surface area contributed by atoms with Crippen LogP contribution in [0.2, 0.25) is 0 Å². The number of ether oxygens (including phenoxy) is 2. The minimum atomic E-state index is -1.90. The van der Waals surface area contributed by atoms with Gasteiger partial charge in [0.15, 0.2) is 6.17 Å². The maximum Gasteiger partial charge on any atom is 0.229 e. The minimum Gasteiger partial charge on any atom is -0.461 e. The summed E-state index contributed by atoms with van der Waals surface area (Å²) in [4.78, 5) is 0.805. The van der Waals surface area contributed by atoms with Crippen LogP contribution >= 0.6 is 11.3 Å². The standard InChI is InChI=1S/C17H18F2O5S/c18-10-3-1-9(2-4-10)7-13-11(5-6-25-13)23-17-16(22)15(21)14(19)12(8-20)24-17/h1-6,12,14-17,20-22H,7-8H2. The average molecular weight is 372 g/mol. The Morgan fingerprint density at radius 1 is 1.12 bits per heavy atom. The molecule has 0 amide bonds. The van der Waals surface area contributed by atoms with Crippen LogP contribution in [0.1, 0.15) is 10.4 Å². The number of aliphatic hydroxyl groups excluding tert-OH is 3. The third kappa shape index (κ3) is 3.99. The molecule has 1 fully saturated rings. The number of benzene rings is 1. The number of rotatable bonds is 5. The molecule has 0 spiro atoms. The lowest BCUT2D eigenvalue weighted by Gasteiger charge is -2.38. The van der Waals surface area contributed by atoms with Crippen molar-refractivity contribution in [1.82, 2.24) is 0 Å². The number of thiophene rings is 1. The second kappa shape index (κ2) is 7.76.